The molecule has 0 N–H and O–H groups in total. The van der Waals surface area contributed by atoms with Gasteiger partial charge in [0.1, 0.15) is 11.4 Å². The van der Waals surface area contributed by atoms with Crippen molar-refractivity contribution in [3.05, 3.63) is 78.9 Å². The number of amides is 1. The monoisotopic (exact) mass is 486 g/mol. The van der Waals surface area contributed by atoms with Gasteiger partial charge in [-0.1, -0.05) is 12.6 Å². The molecule has 184 valence electrons. The first-order valence-electron chi connectivity index (χ1n) is 11.9. The van der Waals surface area contributed by atoms with Gasteiger partial charge in [-0.2, -0.15) is 9.49 Å². The maximum Gasteiger partial charge on any atom is 0.246 e. The number of aromatic nitrogens is 3. The highest BCUT2D eigenvalue weighted by atomic mass is 19.1. The molecule has 7 nitrogen and oxygen atoms in total. The Morgan fingerprint density at radius 3 is 2.69 bits per heavy atom. The predicted octanol–water partition coefficient (Wildman–Crippen LogP) is 5.70. The predicted molar refractivity (Wildman–Crippen MR) is 136 cm³/mol. The van der Waals surface area contributed by atoms with Crippen LogP contribution in [0.4, 0.5) is 4.39 Å². The van der Waals surface area contributed by atoms with Gasteiger partial charge >= 0.3 is 0 Å². The second-order valence-electron chi connectivity index (χ2n) is 8.77. The summed E-state index contributed by atoms with van der Waals surface area (Å²) in [5.74, 6) is 0.104. The van der Waals surface area contributed by atoms with Crippen molar-refractivity contribution in [2.45, 2.75) is 25.8 Å². The Hall–Kier alpha value is -4.20. The number of likely N-dealkylation sites (tertiary alicyclic amines) is 1. The van der Waals surface area contributed by atoms with E-state index in [0.717, 1.165) is 47.2 Å². The Labute approximate surface area is 208 Å². The lowest BCUT2D eigenvalue weighted by Gasteiger charge is -2.32. The summed E-state index contributed by atoms with van der Waals surface area (Å²) in [5.41, 5.74) is 3.56. The van der Waals surface area contributed by atoms with Crippen molar-refractivity contribution in [3.8, 4) is 28.5 Å². The van der Waals surface area contributed by atoms with Crippen molar-refractivity contribution < 1.29 is 18.7 Å². The van der Waals surface area contributed by atoms with E-state index in [1.807, 2.05) is 34.7 Å². The summed E-state index contributed by atoms with van der Waals surface area (Å²) in [6, 6.07) is 14.2. The number of pyridine rings is 1. The molecule has 2 aromatic heterocycles. The van der Waals surface area contributed by atoms with E-state index >= 15 is 0 Å². The number of carbonyl (C=O) groups excluding carboxylic acids is 1. The van der Waals surface area contributed by atoms with E-state index in [-0.39, 0.29) is 23.4 Å². The number of hydrogen-bond acceptors (Lipinski definition) is 5. The van der Waals surface area contributed by atoms with E-state index in [4.69, 9.17) is 14.6 Å². The second-order valence-corrected chi connectivity index (χ2v) is 8.77. The van der Waals surface area contributed by atoms with Crippen LogP contribution >= 0.6 is 0 Å². The maximum absolute atomic E-state index is 14.5. The highest BCUT2D eigenvalue weighted by molar-refractivity contribution is 5.95. The number of piperidine rings is 1. The number of halogens is 1. The number of nitrogens with zero attached hydrogens (tertiary/aromatic N) is 4. The Balaban J connectivity index is 1.48. The SMILES string of the molecule is C=CC(=O)N1CCCC(n2nc(-c3ccc(Oc4cccc(OC)c4F)cc3)c3c(C)nccc32)C1. The van der Waals surface area contributed by atoms with Crippen LogP contribution < -0.4 is 9.47 Å². The van der Waals surface area contributed by atoms with Crippen molar-refractivity contribution in [3.63, 3.8) is 0 Å². The first-order chi connectivity index (χ1) is 17.5. The lowest BCUT2D eigenvalue weighted by molar-refractivity contribution is -0.127. The minimum Gasteiger partial charge on any atom is -0.494 e. The van der Waals surface area contributed by atoms with Gasteiger partial charge in [0, 0.05) is 35.9 Å². The van der Waals surface area contributed by atoms with Crippen molar-refractivity contribution in [1.29, 1.82) is 0 Å². The summed E-state index contributed by atoms with van der Waals surface area (Å²) in [6.07, 6.45) is 4.98. The molecule has 1 aliphatic rings. The largest absolute Gasteiger partial charge is 0.494 e. The molecule has 36 heavy (non-hydrogen) atoms. The molecule has 0 aliphatic carbocycles. The molecule has 5 rings (SSSR count). The average molecular weight is 487 g/mol. The normalized spacial score (nSPS) is 15.6. The maximum atomic E-state index is 14.5. The molecule has 1 unspecified atom stereocenters. The van der Waals surface area contributed by atoms with Crippen LogP contribution in [0.25, 0.3) is 22.2 Å². The fourth-order valence-corrected chi connectivity index (χ4v) is 4.75. The third kappa shape index (κ3) is 4.30. The Kier molecular flexibility index (Phi) is 6.41. The van der Waals surface area contributed by atoms with E-state index in [2.05, 4.69) is 11.6 Å². The lowest BCUT2D eigenvalue weighted by atomic mass is 10.0. The van der Waals surface area contributed by atoms with Gasteiger partial charge in [0.05, 0.1) is 18.7 Å². The van der Waals surface area contributed by atoms with E-state index in [0.29, 0.717) is 12.3 Å². The van der Waals surface area contributed by atoms with Crippen LogP contribution in [0, 0.1) is 12.7 Å². The number of ether oxygens (including phenoxy) is 2. The van der Waals surface area contributed by atoms with E-state index in [1.165, 1.54) is 13.2 Å². The molecule has 2 aromatic carbocycles. The molecule has 3 heterocycles. The van der Waals surface area contributed by atoms with Gasteiger partial charge in [0.25, 0.3) is 0 Å². The highest BCUT2D eigenvalue weighted by Gasteiger charge is 2.27. The first kappa shape index (κ1) is 23.5. The summed E-state index contributed by atoms with van der Waals surface area (Å²) in [6.45, 7) is 6.90. The molecular formula is C28H27FN4O3. The zero-order chi connectivity index (χ0) is 25.2. The molecule has 8 heteroatoms. The van der Waals surface area contributed by atoms with Crippen LogP contribution in [-0.4, -0.2) is 45.8 Å². The van der Waals surface area contributed by atoms with Crippen LogP contribution in [0.2, 0.25) is 0 Å². The molecule has 1 fully saturated rings. The van der Waals surface area contributed by atoms with Gasteiger partial charge in [-0.05, 0) is 68.3 Å². The molecule has 0 spiro atoms. The topological polar surface area (TPSA) is 69.5 Å². The van der Waals surface area contributed by atoms with Gasteiger partial charge in [0.15, 0.2) is 11.5 Å². The van der Waals surface area contributed by atoms with E-state index in [9.17, 15) is 9.18 Å². The number of fused-ring (bicyclic) bond motifs is 1. The second kappa shape index (κ2) is 9.81. The summed E-state index contributed by atoms with van der Waals surface area (Å²) in [7, 11) is 1.42. The molecule has 1 amide bonds. The van der Waals surface area contributed by atoms with Gasteiger partial charge in [-0.15, -0.1) is 0 Å². The third-order valence-corrected chi connectivity index (χ3v) is 6.54. The quantitative estimate of drug-likeness (QED) is 0.327. The Bertz CT molecular complexity index is 1430. The van der Waals surface area contributed by atoms with Crippen LogP contribution in [-0.2, 0) is 4.79 Å². The minimum atomic E-state index is -0.549. The van der Waals surface area contributed by atoms with Crippen molar-refractivity contribution in [2.24, 2.45) is 0 Å². The molecule has 1 saturated heterocycles. The number of carbonyl (C=O) groups is 1. The summed E-state index contributed by atoms with van der Waals surface area (Å²) < 4.78 is 27.3. The van der Waals surface area contributed by atoms with Crippen molar-refractivity contribution in [2.75, 3.05) is 20.2 Å². The number of methoxy groups -OCH3 is 1. The number of benzene rings is 2. The van der Waals surface area contributed by atoms with E-state index in [1.54, 1.807) is 36.5 Å². The van der Waals surface area contributed by atoms with Gasteiger partial charge < -0.3 is 14.4 Å². The van der Waals surface area contributed by atoms with Crippen LogP contribution in [0.15, 0.2) is 67.4 Å². The summed E-state index contributed by atoms with van der Waals surface area (Å²) >= 11 is 0. The molecule has 0 saturated carbocycles. The zero-order valence-corrected chi connectivity index (χ0v) is 20.3. The Morgan fingerprint density at radius 2 is 1.94 bits per heavy atom. The zero-order valence-electron chi connectivity index (χ0n) is 20.3. The van der Waals surface area contributed by atoms with Gasteiger partial charge in [0.2, 0.25) is 11.7 Å². The lowest BCUT2D eigenvalue weighted by Crippen LogP contribution is -2.40. The molecular weight excluding hydrogens is 459 g/mol. The first-order valence-corrected chi connectivity index (χ1v) is 11.9. The molecule has 1 atom stereocenters. The molecule has 0 radical (unpaired) electrons. The molecule has 1 aliphatic heterocycles. The number of rotatable bonds is 6. The number of hydrogen-bond donors (Lipinski definition) is 0. The summed E-state index contributed by atoms with van der Waals surface area (Å²) in [5, 5.41) is 5.98. The average Bonchev–Trinajstić information content (AvgIpc) is 3.31. The fourth-order valence-electron chi connectivity index (χ4n) is 4.75. The third-order valence-electron chi connectivity index (χ3n) is 6.54. The van der Waals surface area contributed by atoms with Crippen molar-refractivity contribution >= 4 is 16.8 Å². The fraction of sp³-hybridized carbons (Fsp3) is 0.250. The highest BCUT2D eigenvalue weighted by Crippen LogP contribution is 2.35. The summed E-state index contributed by atoms with van der Waals surface area (Å²) in [4.78, 5) is 18.6. The smallest absolute Gasteiger partial charge is 0.246 e. The van der Waals surface area contributed by atoms with Crippen LogP contribution in [0.1, 0.15) is 24.6 Å². The Morgan fingerprint density at radius 1 is 1.17 bits per heavy atom. The minimum absolute atomic E-state index is 0.0549. The standard InChI is InChI=1S/C28H27FN4O3/c1-4-25(34)32-16-6-7-20(17-32)33-22-14-15-30-18(2)26(22)28(31-33)19-10-12-21(13-11-19)36-24-9-5-8-23(35-3)27(24)29/h4-5,8-15,20H,1,6-7,16-17H2,2-3H3. The van der Waals surface area contributed by atoms with E-state index < -0.39 is 5.82 Å². The van der Waals surface area contributed by atoms with Gasteiger partial charge in [-0.3, -0.25) is 14.5 Å². The molecule has 4 aromatic rings. The van der Waals surface area contributed by atoms with Crippen molar-refractivity contribution in [1.82, 2.24) is 19.7 Å². The van der Waals surface area contributed by atoms with Crippen LogP contribution in [0.3, 0.4) is 0 Å². The van der Waals surface area contributed by atoms with Gasteiger partial charge in [-0.25, -0.2) is 0 Å². The molecule has 0 bridgehead atoms. The van der Waals surface area contributed by atoms with Crippen LogP contribution in [0.5, 0.6) is 17.2 Å². The number of aryl methyl sites for hydroxylation is 1.